The lowest BCUT2D eigenvalue weighted by Gasteiger charge is -2.27. The van der Waals surface area contributed by atoms with Gasteiger partial charge in [0.25, 0.3) is 0 Å². The molecule has 25 heavy (non-hydrogen) atoms. The quantitative estimate of drug-likeness (QED) is 0.689. The lowest BCUT2D eigenvalue weighted by atomic mass is 10.0. The van der Waals surface area contributed by atoms with Gasteiger partial charge in [-0.2, -0.15) is 4.72 Å². The van der Waals surface area contributed by atoms with E-state index in [0.717, 1.165) is 0 Å². The van der Waals surface area contributed by atoms with Gasteiger partial charge >= 0.3 is 0 Å². The first-order valence-corrected chi connectivity index (χ1v) is 10.3. The minimum atomic E-state index is -3.98. The normalized spacial score (nSPS) is 13.6. The monoisotopic (exact) mass is 454 g/mol. The van der Waals surface area contributed by atoms with Gasteiger partial charge in [-0.15, -0.1) is 0 Å². The number of methoxy groups -OCH3 is 1. The van der Waals surface area contributed by atoms with Crippen LogP contribution in [-0.4, -0.2) is 33.0 Å². The van der Waals surface area contributed by atoms with E-state index in [1.54, 1.807) is 13.8 Å². The zero-order valence-corrected chi connectivity index (χ0v) is 18.3. The van der Waals surface area contributed by atoms with Crippen LogP contribution in [0.5, 0.6) is 5.75 Å². The van der Waals surface area contributed by atoms with Gasteiger partial charge in [-0.1, -0.05) is 25.4 Å². The molecule has 0 unspecified atom stereocenters. The average molecular weight is 456 g/mol. The van der Waals surface area contributed by atoms with Crippen LogP contribution >= 0.6 is 27.5 Å². The van der Waals surface area contributed by atoms with E-state index in [2.05, 4.69) is 26.0 Å². The maximum Gasteiger partial charge on any atom is 0.242 e. The molecule has 1 atom stereocenters. The molecule has 0 fully saturated rings. The van der Waals surface area contributed by atoms with Crippen molar-refractivity contribution in [2.45, 2.75) is 51.1 Å². The highest BCUT2D eigenvalue weighted by atomic mass is 79.9. The molecule has 0 heterocycles. The number of halogens is 2. The first-order chi connectivity index (χ1) is 11.3. The van der Waals surface area contributed by atoms with Crippen molar-refractivity contribution in [3.8, 4) is 5.75 Å². The molecule has 6 nitrogen and oxygen atoms in total. The second-order valence-electron chi connectivity index (χ2n) is 7.00. The lowest BCUT2D eigenvalue weighted by molar-refractivity contribution is -0.125. The van der Waals surface area contributed by atoms with Crippen molar-refractivity contribution >= 4 is 43.5 Å². The standard InChI is InChI=1S/C16H24BrClN2O4S/c1-9(2)14(15(21)19-16(3,4)5)20-25(22,23)13-8-12(24-6)11(18)7-10(13)17/h7-9,14,20H,1-6H3,(H,19,21)/t14-/m1/s1. The smallest absolute Gasteiger partial charge is 0.242 e. The van der Waals surface area contributed by atoms with Crippen LogP contribution in [0.1, 0.15) is 34.6 Å². The Morgan fingerprint density at radius 3 is 2.28 bits per heavy atom. The van der Waals surface area contributed by atoms with Crippen LogP contribution in [-0.2, 0) is 14.8 Å². The Morgan fingerprint density at radius 1 is 1.28 bits per heavy atom. The molecule has 1 aromatic carbocycles. The molecular weight excluding hydrogens is 432 g/mol. The summed E-state index contributed by atoms with van der Waals surface area (Å²) >= 11 is 9.20. The van der Waals surface area contributed by atoms with Gasteiger partial charge in [-0.3, -0.25) is 4.79 Å². The van der Waals surface area contributed by atoms with Gasteiger partial charge in [0.1, 0.15) is 11.8 Å². The Morgan fingerprint density at radius 2 is 1.84 bits per heavy atom. The highest BCUT2D eigenvalue weighted by molar-refractivity contribution is 9.10. The molecule has 0 aliphatic carbocycles. The first kappa shape index (κ1) is 22.2. The number of amides is 1. The largest absolute Gasteiger partial charge is 0.495 e. The average Bonchev–Trinajstić information content (AvgIpc) is 2.42. The zero-order chi connectivity index (χ0) is 19.6. The van der Waals surface area contributed by atoms with Gasteiger partial charge in [-0.05, 0) is 48.7 Å². The van der Waals surface area contributed by atoms with Gasteiger partial charge in [0.05, 0.1) is 17.0 Å². The first-order valence-electron chi connectivity index (χ1n) is 7.66. The third-order valence-corrected chi connectivity index (χ3v) is 5.92. The van der Waals surface area contributed by atoms with Crippen molar-refractivity contribution in [2.24, 2.45) is 5.92 Å². The molecule has 0 aliphatic rings. The summed E-state index contributed by atoms with van der Waals surface area (Å²) in [5.41, 5.74) is -0.472. The van der Waals surface area contributed by atoms with Gasteiger partial charge in [-0.25, -0.2) is 8.42 Å². The summed E-state index contributed by atoms with van der Waals surface area (Å²) in [4.78, 5) is 12.4. The number of carbonyl (C=O) groups excluding carboxylic acids is 1. The van der Waals surface area contributed by atoms with Crippen LogP contribution in [0.15, 0.2) is 21.5 Å². The number of benzene rings is 1. The molecule has 0 spiro atoms. The van der Waals surface area contributed by atoms with Crippen LogP contribution < -0.4 is 14.8 Å². The maximum atomic E-state index is 12.8. The molecule has 0 aromatic heterocycles. The SMILES string of the molecule is COc1cc(S(=O)(=O)N[C@@H](C(=O)NC(C)(C)C)C(C)C)c(Br)cc1Cl. The fourth-order valence-electron chi connectivity index (χ4n) is 2.04. The molecule has 0 bridgehead atoms. The van der Waals surface area contributed by atoms with Crippen molar-refractivity contribution in [3.63, 3.8) is 0 Å². The number of hydrogen-bond donors (Lipinski definition) is 2. The number of rotatable bonds is 6. The minimum absolute atomic E-state index is 0.0528. The Hall–Kier alpha value is -0.830. The van der Waals surface area contributed by atoms with Crippen LogP contribution in [0.25, 0.3) is 0 Å². The third-order valence-electron chi connectivity index (χ3n) is 3.23. The molecule has 0 aliphatic heterocycles. The van der Waals surface area contributed by atoms with Crippen LogP contribution in [0.4, 0.5) is 0 Å². The second-order valence-corrected chi connectivity index (χ2v) is 9.94. The van der Waals surface area contributed by atoms with Crippen LogP contribution in [0.2, 0.25) is 5.02 Å². The summed E-state index contributed by atoms with van der Waals surface area (Å²) in [5, 5.41) is 3.07. The highest BCUT2D eigenvalue weighted by Gasteiger charge is 2.31. The molecule has 1 aromatic rings. The van der Waals surface area contributed by atoms with Gasteiger partial charge in [0, 0.05) is 16.1 Å². The number of nitrogens with one attached hydrogen (secondary N) is 2. The predicted molar refractivity (Wildman–Crippen MR) is 103 cm³/mol. The highest BCUT2D eigenvalue weighted by Crippen LogP contribution is 2.33. The maximum absolute atomic E-state index is 12.8. The fourth-order valence-corrected chi connectivity index (χ4v) is 4.82. The summed E-state index contributed by atoms with van der Waals surface area (Å²) < 4.78 is 33.4. The van der Waals surface area contributed by atoms with Gasteiger partial charge < -0.3 is 10.1 Å². The van der Waals surface area contributed by atoms with Crippen molar-refractivity contribution < 1.29 is 17.9 Å². The van der Waals surface area contributed by atoms with Gasteiger partial charge in [0.2, 0.25) is 15.9 Å². The fraction of sp³-hybridized carbons (Fsp3) is 0.562. The third kappa shape index (κ3) is 6.13. The van der Waals surface area contributed by atoms with E-state index >= 15 is 0 Å². The van der Waals surface area contributed by atoms with Crippen molar-refractivity contribution in [1.82, 2.24) is 10.0 Å². The number of carbonyl (C=O) groups is 1. The Labute approximate surface area is 162 Å². The summed E-state index contributed by atoms with van der Waals surface area (Å²) in [6.07, 6.45) is 0. The van der Waals surface area contributed by atoms with Gasteiger partial charge in [0.15, 0.2) is 0 Å². The van der Waals surface area contributed by atoms with E-state index < -0.39 is 21.6 Å². The van der Waals surface area contributed by atoms with E-state index in [-0.39, 0.29) is 32.0 Å². The second kappa shape index (κ2) is 8.24. The van der Waals surface area contributed by atoms with Crippen LogP contribution in [0, 0.1) is 5.92 Å². The van der Waals surface area contributed by atoms with Crippen molar-refractivity contribution in [2.75, 3.05) is 7.11 Å². The molecule has 1 rings (SSSR count). The number of ether oxygens (including phenoxy) is 1. The lowest BCUT2D eigenvalue weighted by Crippen LogP contribution is -2.54. The number of hydrogen-bond acceptors (Lipinski definition) is 4. The van der Waals surface area contributed by atoms with Crippen molar-refractivity contribution in [1.29, 1.82) is 0 Å². The summed E-state index contributed by atoms with van der Waals surface area (Å²) in [7, 11) is -2.59. The Balaban J connectivity index is 3.23. The molecule has 0 saturated heterocycles. The van der Waals surface area contributed by atoms with E-state index in [1.165, 1.54) is 19.2 Å². The Bertz CT molecular complexity index is 745. The summed E-state index contributed by atoms with van der Waals surface area (Å²) in [6, 6.07) is 1.83. The summed E-state index contributed by atoms with van der Waals surface area (Å²) in [5.74, 6) is -0.404. The molecule has 142 valence electrons. The number of sulfonamides is 1. The van der Waals surface area contributed by atoms with E-state index in [0.29, 0.717) is 0 Å². The van der Waals surface area contributed by atoms with E-state index in [9.17, 15) is 13.2 Å². The molecule has 0 radical (unpaired) electrons. The minimum Gasteiger partial charge on any atom is -0.495 e. The van der Waals surface area contributed by atoms with Crippen molar-refractivity contribution in [3.05, 3.63) is 21.6 Å². The molecule has 0 saturated carbocycles. The molecular formula is C16H24BrClN2O4S. The topological polar surface area (TPSA) is 84.5 Å². The molecule has 1 amide bonds. The zero-order valence-electron chi connectivity index (χ0n) is 15.1. The van der Waals surface area contributed by atoms with E-state index in [4.69, 9.17) is 16.3 Å². The summed E-state index contributed by atoms with van der Waals surface area (Å²) in [6.45, 7) is 9.03. The van der Waals surface area contributed by atoms with E-state index in [1.807, 2.05) is 20.8 Å². The molecule has 9 heteroatoms. The Kier molecular flexibility index (Phi) is 7.32. The predicted octanol–water partition coefficient (Wildman–Crippen LogP) is 3.33. The van der Waals surface area contributed by atoms with Crippen LogP contribution in [0.3, 0.4) is 0 Å². The molecule has 2 N–H and O–H groups in total.